The van der Waals surface area contributed by atoms with Gasteiger partial charge in [-0.05, 0) is 26.2 Å². The van der Waals surface area contributed by atoms with Gasteiger partial charge in [-0.3, -0.25) is 0 Å². The molecule has 0 atom stereocenters. The van der Waals surface area contributed by atoms with Crippen LogP contribution in [0.5, 0.6) is 0 Å². The minimum atomic E-state index is -0.296. The van der Waals surface area contributed by atoms with Crippen LogP contribution in [0.2, 0.25) is 0 Å². The smallest absolute Gasteiger partial charge is 0.332 e. The van der Waals surface area contributed by atoms with Crippen LogP contribution in [0.3, 0.4) is 0 Å². The molecule has 0 aliphatic heterocycles. The molecular formula is C11H22O3. The maximum atomic E-state index is 11.2. The molecule has 3 nitrogen and oxygen atoms in total. The second-order valence-corrected chi connectivity index (χ2v) is 5.62. The molecule has 0 aliphatic rings. The van der Waals surface area contributed by atoms with Crippen molar-refractivity contribution >= 4 is 5.97 Å². The van der Waals surface area contributed by atoms with E-state index in [2.05, 4.69) is 0 Å². The highest BCUT2D eigenvalue weighted by molar-refractivity contribution is 5.70. The van der Waals surface area contributed by atoms with Gasteiger partial charge in [-0.1, -0.05) is 20.8 Å². The van der Waals surface area contributed by atoms with Gasteiger partial charge in [0.1, 0.15) is 6.61 Å². The lowest BCUT2D eigenvalue weighted by Gasteiger charge is -2.21. The normalized spacial score (nSPS) is 12.7. The van der Waals surface area contributed by atoms with Crippen LogP contribution in [0.4, 0.5) is 0 Å². The van der Waals surface area contributed by atoms with Crippen LogP contribution in [-0.2, 0) is 14.3 Å². The molecule has 0 saturated heterocycles. The molecule has 0 rings (SSSR count). The van der Waals surface area contributed by atoms with Gasteiger partial charge in [0.25, 0.3) is 0 Å². The molecule has 0 N–H and O–H groups in total. The summed E-state index contributed by atoms with van der Waals surface area (Å²) < 4.78 is 10.3. The first-order chi connectivity index (χ1) is 6.10. The molecule has 0 aliphatic carbocycles. The third-order valence-corrected chi connectivity index (χ3v) is 1.29. The summed E-state index contributed by atoms with van der Waals surface area (Å²) in [5.74, 6) is -0.296. The summed E-state index contributed by atoms with van der Waals surface area (Å²) in [7, 11) is 0. The Morgan fingerprint density at radius 2 is 1.57 bits per heavy atom. The second kappa shape index (κ2) is 4.78. The molecule has 0 aromatic rings. The quantitative estimate of drug-likeness (QED) is 0.659. The Kier molecular flexibility index (Phi) is 4.59. The van der Waals surface area contributed by atoms with Crippen LogP contribution in [-0.4, -0.2) is 24.8 Å². The molecule has 0 saturated carbocycles. The highest BCUT2D eigenvalue weighted by atomic mass is 16.6. The van der Waals surface area contributed by atoms with E-state index in [1.807, 2.05) is 41.5 Å². The molecule has 0 heterocycles. The van der Waals surface area contributed by atoms with E-state index in [1.54, 1.807) is 0 Å². The Balaban J connectivity index is 3.68. The van der Waals surface area contributed by atoms with Crippen LogP contribution in [0.25, 0.3) is 0 Å². The predicted molar refractivity (Wildman–Crippen MR) is 56.1 cm³/mol. The van der Waals surface area contributed by atoms with Gasteiger partial charge in [0.15, 0.2) is 0 Å². The zero-order valence-corrected chi connectivity index (χ0v) is 10.1. The number of carbonyl (C=O) groups excluding carboxylic acids is 1. The van der Waals surface area contributed by atoms with E-state index in [0.29, 0.717) is 6.61 Å². The van der Waals surface area contributed by atoms with Gasteiger partial charge in [0.2, 0.25) is 0 Å². The van der Waals surface area contributed by atoms with Crippen molar-refractivity contribution in [3.63, 3.8) is 0 Å². The summed E-state index contributed by atoms with van der Waals surface area (Å²) in [5, 5.41) is 0. The van der Waals surface area contributed by atoms with Gasteiger partial charge >= 0.3 is 5.97 Å². The zero-order valence-electron chi connectivity index (χ0n) is 10.1. The molecular weight excluding hydrogens is 180 g/mol. The summed E-state index contributed by atoms with van der Waals surface area (Å²) in [6.07, 6.45) is 0. The van der Waals surface area contributed by atoms with Crippen LogP contribution < -0.4 is 0 Å². The number of rotatable bonds is 3. The van der Waals surface area contributed by atoms with Gasteiger partial charge in [-0.2, -0.15) is 0 Å². The Morgan fingerprint density at radius 3 is 1.93 bits per heavy atom. The fourth-order valence-electron chi connectivity index (χ4n) is 0.614. The average molecular weight is 202 g/mol. The van der Waals surface area contributed by atoms with Gasteiger partial charge in [0.05, 0.1) is 12.2 Å². The van der Waals surface area contributed by atoms with E-state index in [-0.39, 0.29) is 23.6 Å². The van der Waals surface area contributed by atoms with E-state index in [9.17, 15) is 4.79 Å². The SMILES string of the molecule is CC(C)(C)COC(=O)COC(C)(C)C. The Bertz CT molecular complexity index is 164. The number of ether oxygens (including phenoxy) is 2. The van der Waals surface area contributed by atoms with E-state index in [0.717, 1.165) is 0 Å². The van der Waals surface area contributed by atoms with Crippen molar-refractivity contribution in [3.05, 3.63) is 0 Å². The van der Waals surface area contributed by atoms with Crippen LogP contribution in [0, 0.1) is 5.41 Å². The topological polar surface area (TPSA) is 35.5 Å². The van der Waals surface area contributed by atoms with Crippen molar-refractivity contribution in [2.75, 3.05) is 13.2 Å². The van der Waals surface area contributed by atoms with Crippen molar-refractivity contribution in [2.24, 2.45) is 5.41 Å². The third-order valence-electron chi connectivity index (χ3n) is 1.29. The summed E-state index contributed by atoms with van der Waals surface area (Å²) >= 11 is 0. The Labute approximate surface area is 86.8 Å². The first kappa shape index (κ1) is 13.4. The number of hydrogen-bond acceptors (Lipinski definition) is 3. The summed E-state index contributed by atoms with van der Waals surface area (Å²) in [6, 6.07) is 0. The largest absolute Gasteiger partial charge is 0.463 e. The lowest BCUT2D eigenvalue weighted by molar-refractivity contribution is -0.156. The Hall–Kier alpha value is -0.570. The standard InChI is InChI=1S/C11H22O3/c1-10(2,3)8-13-9(12)7-14-11(4,5)6/h7-8H2,1-6H3. The summed E-state index contributed by atoms with van der Waals surface area (Å²) in [4.78, 5) is 11.2. The molecule has 0 unspecified atom stereocenters. The van der Waals surface area contributed by atoms with E-state index in [4.69, 9.17) is 9.47 Å². The van der Waals surface area contributed by atoms with E-state index in [1.165, 1.54) is 0 Å². The number of hydrogen-bond donors (Lipinski definition) is 0. The minimum Gasteiger partial charge on any atom is -0.463 e. The molecule has 0 bridgehead atoms. The van der Waals surface area contributed by atoms with Gasteiger partial charge in [-0.25, -0.2) is 4.79 Å². The maximum Gasteiger partial charge on any atom is 0.332 e. The van der Waals surface area contributed by atoms with Crippen LogP contribution in [0.1, 0.15) is 41.5 Å². The molecule has 0 aromatic heterocycles. The van der Waals surface area contributed by atoms with E-state index < -0.39 is 0 Å². The van der Waals surface area contributed by atoms with E-state index >= 15 is 0 Å². The van der Waals surface area contributed by atoms with Crippen molar-refractivity contribution in [2.45, 2.75) is 47.1 Å². The number of carbonyl (C=O) groups is 1. The van der Waals surface area contributed by atoms with Crippen LogP contribution >= 0.6 is 0 Å². The highest BCUT2D eigenvalue weighted by Crippen LogP contribution is 2.13. The minimum absolute atomic E-state index is 0.0113. The van der Waals surface area contributed by atoms with Crippen LogP contribution in [0.15, 0.2) is 0 Å². The lowest BCUT2D eigenvalue weighted by atomic mass is 9.99. The fourth-order valence-corrected chi connectivity index (χ4v) is 0.614. The highest BCUT2D eigenvalue weighted by Gasteiger charge is 2.16. The summed E-state index contributed by atoms with van der Waals surface area (Å²) in [5.41, 5.74) is -0.280. The molecule has 0 radical (unpaired) electrons. The number of esters is 1. The van der Waals surface area contributed by atoms with Crippen molar-refractivity contribution < 1.29 is 14.3 Å². The molecule has 0 fully saturated rings. The molecule has 3 heteroatoms. The van der Waals surface area contributed by atoms with Crippen molar-refractivity contribution in [1.29, 1.82) is 0 Å². The molecule has 84 valence electrons. The molecule has 0 spiro atoms. The molecule has 0 aromatic carbocycles. The monoisotopic (exact) mass is 202 g/mol. The molecule has 14 heavy (non-hydrogen) atoms. The zero-order chi connectivity index (χ0) is 11.4. The average Bonchev–Trinajstić information content (AvgIpc) is 1.94. The van der Waals surface area contributed by atoms with Gasteiger partial charge < -0.3 is 9.47 Å². The predicted octanol–water partition coefficient (Wildman–Crippen LogP) is 2.39. The first-order valence-corrected chi connectivity index (χ1v) is 4.90. The maximum absolute atomic E-state index is 11.2. The molecule has 0 amide bonds. The second-order valence-electron chi connectivity index (χ2n) is 5.62. The fraction of sp³-hybridized carbons (Fsp3) is 0.909. The van der Waals surface area contributed by atoms with Gasteiger partial charge in [-0.15, -0.1) is 0 Å². The summed E-state index contributed by atoms with van der Waals surface area (Å²) in [6.45, 7) is 12.2. The van der Waals surface area contributed by atoms with Crippen molar-refractivity contribution in [3.8, 4) is 0 Å². The third kappa shape index (κ3) is 9.52. The van der Waals surface area contributed by atoms with Crippen molar-refractivity contribution in [1.82, 2.24) is 0 Å². The lowest BCUT2D eigenvalue weighted by Crippen LogP contribution is -2.26. The first-order valence-electron chi connectivity index (χ1n) is 4.90. The Morgan fingerprint density at radius 1 is 1.07 bits per heavy atom. The van der Waals surface area contributed by atoms with Gasteiger partial charge in [0, 0.05) is 0 Å².